The highest BCUT2D eigenvalue weighted by Crippen LogP contribution is 2.06. The van der Waals surface area contributed by atoms with Crippen LogP contribution in [-0.4, -0.2) is 25.0 Å². The standard InChI is InChI=1S/C12H16N2O3.ClH/c1-8(13)11(15)14-7-9-4-3-5-10(6-9)12(16)17-2;/h3-6,8H,7,13H2,1-2H3,(H,14,15);1H/t8-;/m1./s1. The Morgan fingerprint density at radius 2 is 2.11 bits per heavy atom. The first-order valence-electron chi connectivity index (χ1n) is 5.25. The van der Waals surface area contributed by atoms with Crippen molar-refractivity contribution in [2.75, 3.05) is 7.11 Å². The molecule has 0 aliphatic rings. The predicted octanol–water partition coefficient (Wildman–Crippen LogP) is 0.858. The van der Waals surface area contributed by atoms with E-state index in [0.717, 1.165) is 5.56 Å². The van der Waals surface area contributed by atoms with E-state index in [9.17, 15) is 9.59 Å². The van der Waals surface area contributed by atoms with Crippen molar-refractivity contribution in [1.82, 2.24) is 5.32 Å². The molecule has 0 unspecified atom stereocenters. The number of nitrogens with one attached hydrogen (secondary N) is 1. The third kappa shape index (κ3) is 4.73. The molecule has 0 radical (unpaired) electrons. The predicted molar refractivity (Wildman–Crippen MR) is 70.5 cm³/mol. The Balaban J connectivity index is 0.00000289. The van der Waals surface area contributed by atoms with Crippen molar-refractivity contribution in [2.45, 2.75) is 19.5 Å². The number of nitrogens with two attached hydrogens (primary N) is 1. The number of rotatable bonds is 4. The molecule has 6 heteroatoms. The molecule has 5 nitrogen and oxygen atoms in total. The van der Waals surface area contributed by atoms with Crippen molar-refractivity contribution in [1.29, 1.82) is 0 Å². The molecule has 3 N–H and O–H groups in total. The van der Waals surface area contributed by atoms with Crippen molar-refractivity contribution in [2.24, 2.45) is 5.73 Å². The van der Waals surface area contributed by atoms with Crippen LogP contribution in [0.2, 0.25) is 0 Å². The number of esters is 1. The number of halogens is 1. The minimum Gasteiger partial charge on any atom is -0.465 e. The summed E-state index contributed by atoms with van der Waals surface area (Å²) in [5, 5.41) is 2.67. The van der Waals surface area contributed by atoms with Gasteiger partial charge in [0.1, 0.15) is 0 Å². The quantitative estimate of drug-likeness (QED) is 0.797. The molecular formula is C12H17ClN2O3. The van der Waals surface area contributed by atoms with Gasteiger partial charge in [-0.3, -0.25) is 4.79 Å². The van der Waals surface area contributed by atoms with E-state index in [1.807, 2.05) is 6.07 Å². The molecule has 0 saturated carbocycles. The molecule has 0 spiro atoms. The zero-order chi connectivity index (χ0) is 12.8. The molecular weight excluding hydrogens is 256 g/mol. The lowest BCUT2D eigenvalue weighted by atomic mass is 10.1. The molecule has 1 amide bonds. The van der Waals surface area contributed by atoms with Crippen LogP contribution in [0.3, 0.4) is 0 Å². The average molecular weight is 273 g/mol. The fourth-order valence-electron chi connectivity index (χ4n) is 1.28. The molecule has 1 atom stereocenters. The number of ether oxygens (including phenoxy) is 1. The largest absolute Gasteiger partial charge is 0.465 e. The number of amides is 1. The molecule has 0 saturated heterocycles. The zero-order valence-corrected chi connectivity index (χ0v) is 11.1. The van der Waals surface area contributed by atoms with Crippen LogP contribution in [0.4, 0.5) is 0 Å². The molecule has 100 valence electrons. The molecule has 0 bridgehead atoms. The molecule has 0 aromatic heterocycles. The highest BCUT2D eigenvalue weighted by molar-refractivity contribution is 5.89. The van der Waals surface area contributed by atoms with E-state index in [2.05, 4.69) is 10.1 Å². The van der Waals surface area contributed by atoms with Gasteiger partial charge in [0.05, 0.1) is 18.7 Å². The lowest BCUT2D eigenvalue weighted by Gasteiger charge is -2.08. The van der Waals surface area contributed by atoms with Gasteiger partial charge in [-0.15, -0.1) is 12.4 Å². The van der Waals surface area contributed by atoms with Gasteiger partial charge < -0.3 is 15.8 Å². The summed E-state index contributed by atoms with van der Waals surface area (Å²) in [4.78, 5) is 22.5. The van der Waals surface area contributed by atoms with Gasteiger partial charge in [0, 0.05) is 6.54 Å². The van der Waals surface area contributed by atoms with Crippen LogP contribution in [0.15, 0.2) is 24.3 Å². The van der Waals surface area contributed by atoms with E-state index < -0.39 is 12.0 Å². The van der Waals surface area contributed by atoms with E-state index in [1.54, 1.807) is 25.1 Å². The number of hydrogen-bond donors (Lipinski definition) is 2. The molecule has 0 fully saturated rings. The van der Waals surface area contributed by atoms with E-state index in [1.165, 1.54) is 7.11 Å². The minimum atomic E-state index is -0.543. The first-order valence-corrected chi connectivity index (χ1v) is 5.25. The van der Waals surface area contributed by atoms with Gasteiger partial charge in [-0.05, 0) is 24.6 Å². The average Bonchev–Trinajstić information content (AvgIpc) is 2.35. The molecule has 1 rings (SSSR count). The van der Waals surface area contributed by atoms with E-state index in [0.29, 0.717) is 12.1 Å². The Hall–Kier alpha value is -1.59. The molecule has 0 heterocycles. The lowest BCUT2D eigenvalue weighted by Crippen LogP contribution is -2.37. The number of benzene rings is 1. The van der Waals surface area contributed by atoms with Crippen molar-refractivity contribution in [3.63, 3.8) is 0 Å². The van der Waals surface area contributed by atoms with E-state index >= 15 is 0 Å². The van der Waals surface area contributed by atoms with E-state index in [4.69, 9.17) is 5.73 Å². The van der Waals surface area contributed by atoms with Crippen LogP contribution in [0.25, 0.3) is 0 Å². The monoisotopic (exact) mass is 272 g/mol. The number of carbonyl (C=O) groups is 2. The second-order valence-corrected chi connectivity index (χ2v) is 3.70. The molecule has 0 aliphatic carbocycles. The summed E-state index contributed by atoms with van der Waals surface area (Å²) in [7, 11) is 1.33. The first kappa shape index (κ1) is 16.4. The Kier molecular flexibility index (Phi) is 7.00. The summed E-state index contributed by atoms with van der Waals surface area (Å²) in [6, 6.07) is 6.34. The van der Waals surface area contributed by atoms with Crippen LogP contribution >= 0.6 is 12.4 Å². The number of hydrogen-bond acceptors (Lipinski definition) is 4. The first-order chi connectivity index (χ1) is 8.04. The van der Waals surface area contributed by atoms with Gasteiger partial charge in [0.25, 0.3) is 0 Å². The van der Waals surface area contributed by atoms with Crippen LogP contribution in [-0.2, 0) is 16.1 Å². The Morgan fingerprint density at radius 3 is 2.67 bits per heavy atom. The van der Waals surface area contributed by atoms with E-state index in [-0.39, 0.29) is 18.3 Å². The van der Waals surface area contributed by atoms with Gasteiger partial charge in [-0.25, -0.2) is 4.79 Å². The van der Waals surface area contributed by atoms with Crippen LogP contribution in [0.5, 0.6) is 0 Å². The summed E-state index contributed by atoms with van der Waals surface area (Å²) in [5.41, 5.74) is 6.69. The van der Waals surface area contributed by atoms with Gasteiger partial charge in [-0.1, -0.05) is 12.1 Å². The third-order valence-corrected chi connectivity index (χ3v) is 2.23. The van der Waals surface area contributed by atoms with Crippen molar-refractivity contribution in [3.8, 4) is 0 Å². The fraction of sp³-hybridized carbons (Fsp3) is 0.333. The van der Waals surface area contributed by atoms with Crippen LogP contribution in [0, 0.1) is 0 Å². The molecule has 18 heavy (non-hydrogen) atoms. The fourth-order valence-corrected chi connectivity index (χ4v) is 1.28. The molecule has 1 aromatic carbocycles. The van der Waals surface area contributed by atoms with Gasteiger partial charge in [0.15, 0.2) is 0 Å². The maximum Gasteiger partial charge on any atom is 0.337 e. The van der Waals surface area contributed by atoms with Crippen molar-refractivity contribution in [3.05, 3.63) is 35.4 Å². The summed E-state index contributed by atoms with van der Waals surface area (Å²) in [6.45, 7) is 1.95. The maximum absolute atomic E-state index is 11.3. The second kappa shape index (κ2) is 7.68. The molecule has 1 aromatic rings. The maximum atomic E-state index is 11.3. The topological polar surface area (TPSA) is 81.4 Å². The lowest BCUT2D eigenvalue weighted by molar-refractivity contribution is -0.122. The SMILES string of the molecule is COC(=O)c1cccc(CNC(=O)[C@@H](C)N)c1.Cl. The summed E-state index contributed by atoms with van der Waals surface area (Å²) in [6.07, 6.45) is 0. The second-order valence-electron chi connectivity index (χ2n) is 3.70. The van der Waals surface area contributed by atoms with Crippen LogP contribution in [0.1, 0.15) is 22.8 Å². The molecule has 0 aliphatic heterocycles. The summed E-state index contributed by atoms with van der Waals surface area (Å²) in [5.74, 6) is -0.626. The zero-order valence-electron chi connectivity index (χ0n) is 10.3. The normalized spacial score (nSPS) is 11.1. The number of carbonyl (C=O) groups excluding carboxylic acids is 2. The summed E-state index contributed by atoms with van der Waals surface area (Å²) >= 11 is 0. The van der Waals surface area contributed by atoms with Crippen LogP contribution < -0.4 is 11.1 Å². The Morgan fingerprint density at radius 1 is 1.44 bits per heavy atom. The van der Waals surface area contributed by atoms with Crippen molar-refractivity contribution < 1.29 is 14.3 Å². The van der Waals surface area contributed by atoms with Gasteiger partial charge >= 0.3 is 5.97 Å². The number of methoxy groups -OCH3 is 1. The van der Waals surface area contributed by atoms with Crippen molar-refractivity contribution >= 4 is 24.3 Å². The smallest absolute Gasteiger partial charge is 0.337 e. The highest BCUT2D eigenvalue weighted by atomic mass is 35.5. The summed E-state index contributed by atoms with van der Waals surface area (Å²) < 4.78 is 4.61. The Labute approximate surface area is 112 Å². The third-order valence-electron chi connectivity index (χ3n) is 2.23. The van der Waals surface area contributed by atoms with Gasteiger partial charge in [-0.2, -0.15) is 0 Å². The van der Waals surface area contributed by atoms with Gasteiger partial charge in [0.2, 0.25) is 5.91 Å². The Bertz CT molecular complexity index is 422. The minimum absolute atomic E-state index is 0. The highest BCUT2D eigenvalue weighted by Gasteiger charge is 2.08.